The van der Waals surface area contributed by atoms with E-state index in [0.717, 1.165) is 16.3 Å². The van der Waals surface area contributed by atoms with Gasteiger partial charge in [0.05, 0.1) is 0 Å². The average Bonchev–Trinajstić information content (AvgIpc) is 2.45. The molecule has 0 saturated heterocycles. The lowest BCUT2D eigenvalue weighted by molar-refractivity contribution is -0.116. The van der Waals surface area contributed by atoms with Gasteiger partial charge in [0, 0.05) is 30.2 Å². The van der Waals surface area contributed by atoms with E-state index in [1.54, 1.807) is 6.07 Å². The zero-order chi connectivity index (χ0) is 15.1. The van der Waals surface area contributed by atoms with Crippen LogP contribution in [0.2, 0.25) is 5.02 Å². The van der Waals surface area contributed by atoms with Crippen LogP contribution in [-0.2, 0) is 11.3 Å². The van der Waals surface area contributed by atoms with Gasteiger partial charge in [-0.3, -0.25) is 4.79 Å². The number of aryl methyl sites for hydroxylation is 1. The summed E-state index contributed by atoms with van der Waals surface area (Å²) in [6.07, 6.45) is 0.389. The highest BCUT2D eigenvalue weighted by Crippen LogP contribution is 2.14. The van der Waals surface area contributed by atoms with E-state index in [0.29, 0.717) is 25.3 Å². The van der Waals surface area contributed by atoms with Crippen molar-refractivity contribution in [3.63, 3.8) is 0 Å². The van der Waals surface area contributed by atoms with E-state index in [1.165, 1.54) is 0 Å². The smallest absolute Gasteiger partial charge is 0.226 e. The molecule has 0 aliphatic heterocycles. The highest BCUT2D eigenvalue weighted by Gasteiger charge is 2.04. The molecule has 0 aliphatic rings. The fourth-order valence-corrected chi connectivity index (χ4v) is 2.09. The van der Waals surface area contributed by atoms with Crippen LogP contribution < -0.4 is 10.6 Å². The minimum Gasteiger partial charge on any atom is -0.312 e. The lowest BCUT2D eigenvalue weighted by Gasteiger charge is -2.07. The summed E-state index contributed by atoms with van der Waals surface area (Å²) in [6, 6.07) is 13.2. The molecule has 1 aromatic heterocycles. The second kappa shape index (κ2) is 7.76. The van der Waals surface area contributed by atoms with Crippen molar-refractivity contribution in [2.45, 2.75) is 19.9 Å². The second-order valence-corrected chi connectivity index (χ2v) is 5.14. The van der Waals surface area contributed by atoms with E-state index in [9.17, 15) is 4.79 Å². The molecule has 2 aromatic rings. The van der Waals surface area contributed by atoms with Gasteiger partial charge in [0.1, 0.15) is 5.82 Å². The van der Waals surface area contributed by atoms with Gasteiger partial charge < -0.3 is 10.6 Å². The zero-order valence-electron chi connectivity index (χ0n) is 11.9. The second-order valence-electron chi connectivity index (χ2n) is 4.73. The molecule has 0 unspecified atom stereocenters. The number of aromatic nitrogens is 1. The van der Waals surface area contributed by atoms with E-state index in [2.05, 4.69) is 15.6 Å². The third-order valence-electron chi connectivity index (χ3n) is 2.96. The maximum atomic E-state index is 11.8. The number of benzene rings is 1. The molecular weight excluding hydrogens is 286 g/mol. The Morgan fingerprint density at radius 3 is 2.76 bits per heavy atom. The number of halogens is 1. The summed E-state index contributed by atoms with van der Waals surface area (Å²) in [4.78, 5) is 16.0. The van der Waals surface area contributed by atoms with Crippen LogP contribution in [0.15, 0.2) is 42.5 Å². The van der Waals surface area contributed by atoms with Crippen LogP contribution in [0.5, 0.6) is 0 Å². The molecule has 21 heavy (non-hydrogen) atoms. The molecule has 0 bridgehead atoms. The predicted octanol–water partition coefficient (Wildman–Crippen LogP) is 3.16. The number of pyridine rings is 1. The molecule has 2 rings (SSSR count). The van der Waals surface area contributed by atoms with Gasteiger partial charge in [0.15, 0.2) is 0 Å². The van der Waals surface area contributed by atoms with Crippen LogP contribution >= 0.6 is 11.6 Å². The number of nitrogens with one attached hydrogen (secondary N) is 2. The molecule has 110 valence electrons. The fraction of sp³-hybridized carbons (Fsp3) is 0.250. The third-order valence-corrected chi connectivity index (χ3v) is 3.33. The number of rotatable bonds is 6. The number of amides is 1. The van der Waals surface area contributed by atoms with Crippen molar-refractivity contribution in [3.05, 3.63) is 58.7 Å². The minimum absolute atomic E-state index is 0.0558. The van der Waals surface area contributed by atoms with E-state index < -0.39 is 0 Å². The molecule has 4 nitrogen and oxygen atoms in total. The Morgan fingerprint density at radius 1 is 1.19 bits per heavy atom. The van der Waals surface area contributed by atoms with Crippen molar-refractivity contribution in [1.29, 1.82) is 0 Å². The van der Waals surface area contributed by atoms with E-state index in [4.69, 9.17) is 11.6 Å². The van der Waals surface area contributed by atoms with Crippen molar-refractivity contribution in [2.24, 2.45) is 0 Å². The number of anilines is 1. The summed E-state index contributed by atoms with van der Waals surface area (Å²) in [6.45, 7) is 3.12. The summed E-state index contributed by atoms with van der Waals surface area (Å²) in [5.41, 5.74) is 1.91. The first-order chi connectivity index (χ1) is 10.1. The summed E-state index contributed by atoms with van der Waals surface area (Å²) < 4.78 is 0. The molecule has 0 atom stereocenters. The van der Waals surface area contributed by atoms with Gasteiger partial charge in [-0.1, -0.05) is 35.9 Å². The van der Waals surface area contributed by atoms with Gasteiger partial charge in [0.25, 0.3) is 0 Å². The molecule has 2 N–H and O–H groups in total. The molecule has 1 aromatic carbocycles. The fourth-order valence-electron chi connectivity index (χ4n) is 1.88. The average molecular weight is 304 g/mol. The maximum absolute atomic E-state index is 11.8. The van der Waals surface area contributed by atoms with Crippen LogP contribution in [0, 0.1) is 6.92 Å². The largest absolute Gasteiger partial charge is 0.312 e. The minimum atomic E-state index is -0.0558. The molecule has 0 radical (unpaired) electrons. The van der Waals surface area contributed by atoms with Crippen LogP contribution in [-0.4, -0.2) is 17.4 Å². The molecule has 0 saturated carbocycles. The Kier molecular flexibility index (Phi) is 5.72. The highest BCUT2D eigenvalue weighted by molar-refractivity contribution is 6.31. The first kappa shape index (κ1) is 15.5. The topological polar surface area (TPSA) is 54.0 Å². The maximum Gasteiger partial charge on any atom is 0.226 e. The van der Waals surface area contributed by atoms with Crippen molar-refractivity contribution < 1.29 is 4.79 Å². The Morgan fingerprint density at radius 2 is 2.00 bits per heavy atom. The zero-order valence-corrected chi connectivity index (χ0v) is 12.7. The summed E-state index contributed by atoms with van der Waals surface area (Å²) in [5.74, 6) is 0.533. The summed E-state index contributed by atoms with van der Waals surface area (Å²) in [7, 11) is 0. The Labute approximate surface area is 129 Å². The molecule has 5 heteroatoms. The highest BCUT2D eigenvalue weighted by atomic mass is 35.5. The lowest BCUT2D eigenvalue weighted by atomic mass is 10.2. The van der Waals surface area contributed by atoms with Crippen molar-refractivity contribution in [1.82, 2.24) is 10.3 Å². The number of carbonyl (C=O) groups excluding carboxylic acids is 1. The lowest BCUT2D eigenvalue weighted by Crippen LogP contribution is -2.22. The monoisotopic (exact) mass is 303 g/mol. The molecule has 0 aliphatic carbocycles. The van der Waals surface area contributed by atoms with Gasteiger partial charge in [-0.2, -0.15) is 0 Å². The number of hydrogen-bond donors (Lipinski definition) is 2. The first-order valence-electron chi connectivity index (χ1n) is 6.83. The van der Waals surface area contributed by atoms with Crippen molar-refractivity contribution in [2.75, 3.05) is 11.9 Å². The van der Waals surface area contributed by atoms with Crippen LogP contribution in [0.4, 0.5) is 5.82 Å². The standard InChI is InChI=1S/C16H18ClN3O/c1-12-5-4-8-15(19-12)20-16(21)9-10-18-11-13-6-2-3-7-14(13)17/h2-8,18H,9-11H2,1H3,(H,19,20,21). The summed E-state index contributed by atoms with van der Waals surface area (Å²) >= 11 is 6.06. The third kappa shape index (κ3) is 5.17. The number of nitrogens with zero attached hydrogens (tertiary/aromatic N) is 1. The number of hydrogen-bond acceptors (Lipinski definition) is 3. The Balaban J connectivity index is 1.71. The molecule has 0 spiro atoms. The van der Waals surface area contributed by atoms with Gasteiger partial charge in [-0.15, -0.1) is 0 Å². The van der Waals surface area contributed by atoms with Gasteiger partial charge in [-0.25, -0.2) is 4.98 Å². The van der Waals surface area contributed by atoms with Crippen molar-refractivity contribution >= 4 is 23.3 Å². The van der Waals surface area contributed by atoms with E-state index in [-0.39, 0.29) is 5.91 Å². The van der Waals surface area contributed by atoms with Crippen LogP contribution in [0.3, 0.4) is 0 Å². The molecule has 1 heterocycles. The van der Waals surface area contributed by atoms with Gasteiger partial charge >= 0.3 is 0 Å². The van der Waals surface area contributed by atoms with Gasteiger partial charge in [0.2, 0.25) is 5.91 Å². The van der Waals surface area contributed by atoms with Gasteiger partial charge in [-0.05, 0) is 30.7 Å². The molecule has 0 fully saturated rings. The van der Waals surface area contributed by atoms with Crippen LogP contribution in [0.1, 0.15) is 17.7 Å². The van der Waals surface area contributed by atoms with Crippen molar-refractivity contribution in [3.8, 4) is 0 Å². The first-order valence-corrected chi connectivity index (χ1v) is 7.20. The van der Waals surface area contributed by atoms with E-state index >= 15 is 0 Å². The summed E-state index contributed by atoms with van der Waals surface area (Å²) in [5, 5.41) is 6.72. The Hall–Kier alpha value is -1.91. The Bertz CT molecular complexity index is 616. The van der Waals surface area contributed by atoms with Crippen LogP contribution in [0.25, 0.3) is 0 Å². The molecule has 1 amide bonds. The van der Waals surface area contributed by atoms with E-state index in [1.807, 2.05) is 43.3 Å². The quantitative estimate of drug-likeness (QED) is 0.806. The normalized spacial score (nSPS) is 10.4. The predicted molar refractivity (Wildman–Crippen MR) is 85.4 cm³/mol. The number of carbonyl (C=O) groups is 1. The SMILES string of the molecule is Cc1cccc(NC(=O)CCNCc2ccccc2Cl)n1. The molecular formula is C16H18ClN3O.